The van der Waals surface area contributed by atoms with Gasteiger partial charge in [0, 0.05) is 24.5 Å². The Hall–Kier alpha value is -1.11. The van der Waals surface area contributed by atoms with Crippen LogP contribution in [0.1, 0.15) is 71.6 Å². The van der Waals surface area contributed by atoms with E-state index in [1.165, 1.54) is 18.9 Å². The highest BCUT2D eigenvalue weighted by Crippen LogP contribution is 2.43. The smallest absolute Gasteiger partial charge is 0.305 e. The fourth-order valence-corrected chi connectivity index (χ4v) is 5.10. The molecule has 1 aliphatic carbocycles. The number of unbranched alkanes of at least 4 members (excludes halogenated alkanes) is 2. The van der Waals surface area contributed by atoms with Crippen LogP contribution in [-0.2, 0) is 14.3 Å². The highest BCUT2D eigenvalue weighted by Gasteiger charge is 2.41. The van der Waals surface area contributed by atoms with Gasteiger partial charge in [0.1, 0.15) is 0 Å². The second-order valence-electron chi connectivity index (χ2n) is 7.80. The lowest BCUT2D eigenvalue weighted by Crippen LogP contribution is -2.20. The van der Waals surface area contributed by atoms with E-state index in [1.807, 2.05) is 18.2 Å². The van der Waals surface area contributed by atoms with Gasteiger partial charge < -0.3 is 14.9 Å². The summed E-state index contributed by atoms with van der Waals surface area (Å²) in [4.78, 5) is 22.8. The number of methoxy groups -OCH3 is 1. The number of carbonyl (C=O) groups excluding carboxylic acids is 2. The average Bonchev–Trinajstić information content (AvgIpc) is 2.96. The summed E-state index contributed by atoms with van der Waals surface area (Å²) in [6.45, 7) is 3.71. The molecule has 0 spiro atoms. The number of hydrogen-bond acceptors (Lipinski definition) is 6. The van der Waals surface area contributed by atoms with E-state index in [-0.39, 0.29) is 28.2 Å². The summed E-state index contributed by atoms with van der Waals surface area (Å²) in [5, 5.41) is 20.9. The van der Waals surface area contributed by atoms with Crippen molar-refractivity contribution in [2.75, 3.05) is 7.11 Å². The maximum absolute atomic E-state index is 11.6. The number of aliphatic hydroxyl groups is 2. The maximum Gasteiger partial charge on any atom is 0.305 e. The summed E-state index contributed by atoms with van der Waals surface area (Å²) in [6.07, 6.45) is 14.2. The number of rotatable bonds is 13. The molecular formula is C23H38O5S. The zero-order valence-electron chi connectivity index (χ0n) is 18.1. The highest BCUT2D eigenvalue weighted by atomic mass is 32.2. The zero-order valence-corrected chi connectivity index (χ0v) is 18.9. The summed E-state index contributed by atoms with van der Waals surface area (Å²) in [5.41, 5.74) is 0. The molecule has 6 heteroatoms. The highest BCUT2D eigenvalue weighted by molar-refractivity contribution is 8.14. The molecule has 5 atom stereocenters. The number of esters is 1. The molecule has 0 saturated heterocycles. The standard InChI is InChI=1S/C23H38O5S/c1-4-5-8-11-18(25)14-15-19-20(22(16-21(19)26)29-17(2)24)12-9-6-7-10-13-23(27)28-3/h6-7,14-15,18-22,25-26H,4-5,8-13,16H2,1-3H3/t18-,19+,20+,21+,22-/m0/s1. The van der Waals surface area contributed by atoms with Gasteiger partial charge in [-0.1, -0.05) is 62.3 Å². The summed E-state index contributed by atoms with van der Waals surface area (Å²) in [5.74, 6) is -0.0754. The van der Waals surface area contributed by atoms with Gasteiger partial charge in [-0.3, -0.25) is 9.59 Å². The van der Waals surface area contributed by atoms with Gasteiger partial charge >= 0.3 is 5.97 Å². The summed E-state index contributed by atoms with van der Waals surface area (Å²) in [6, 6.07) is 0. The number of hydrogen-bond donors (Lipinski definition) is 2. The molecule has 0 heterocycles. The monoisotopic (exact) mass is 426 g/mol. The molecule has 0 bridgehead atoms. The quantitative estimate of drug-likeness (QED) is 0.258. The third-order valence-electron chi connectivity index (χ3n) is 5.44. The van der Waals surface area contributed by atoms with Crippen LogP contribution in [-0.4, -0.2) is 45.9 Å². The second kappa shape index (κ2) is 14.8. The third-order valence-corrected chi connectivity index (χ3v) is 6.62. The predicted octanol–water partition coefficient (Wildman–Crippen LogP) is 4.42. The summed E-state index contributed by atoms with van der Waals surface area (Å²) in [7, 11) is 1.39. The molecule has 0 aromatic carbocycles. The lowest BCUT2D eigenvalue weighted by atomic mass is 9.89. The van der Waals surface area contributed by atoms with E-state index in [0.717, 1.165) is 38.5 Å². The first kappa shape index (κ1) is 25.9. The van der Waals surface area contributed by atoms with Gasteiger partial charge in [0.05, 0.1) is 19.3 Å². The van der Waals surface area contributed by atoms with Crippen LogP contribution in [0.3, 0.4) is 0 Å². The Labute approximate surface area is 180 Å². The van der Waals surface area contributed by atoms with Crippen LogP contribution in [0.2, 0.25) is 0 Å². The van der Waals surface area contributed by atoms with Gasteiger partial charge in [0.15, 0.2) is 5.12 Å². The molecule has 0 aromatic heterocycles. The van der Waals surface area contributed by atoms with Crippen molar-refractivity contribution in [3.63, 3.8) is 0 Å². The zero-order chi connectivity index (χ0) is 21.6. The van der Waals surface area contributed by atoms with Crippen LogP contribution in [0.15, 0.2) is 24.3 Å². The van der Waals surface area contributed by atoms with E-state index in [9.17, 15) is 19.8 Å². The van der Waals surface area contributed by atoms with Gasteiger partial charge in [-0.05, 0) is 38.0 Å². The molecule has 0 radical (unpaired) electrons. The first-order valence-corrected chi connectivity index (χ1v) is 11.7. The molecule has 0 unspecified atom stereocenters. The summed E-state index contributed by atoms with van der Waals surface area (Å²) < 4.78 is 4.63. The van der Waals surface area contributed by atoms with Gasteiger partial charge in [-0.15, -0.1) is 0 Å². The van der Waals surface area contributed by atoms with Crippen LogP contribution in [0, 0.1) is 11.8 Å². The lowest BCUT2D eigenvalue weighted by molar-refractivity contribution is -0.140. The van der Waals surface area contributed by atoms with E-state index in [1.54, 1.807) is 6.92 Å². The van der Waals surface area contributed by atoms with Crippen molar-refractivity contribution in [1.29, 1.82) is 0 Å². The first-order chi connectivity index (χ1) is 13.9. The largest absolute Gasteiger partial charge is 0.469 e. The third kappa shape index (κ3) is 10.5. The Morgan fingerprint density at radius 1 is 1.24 bits per heavy atom. The molecule has 166 valence electrons. The molecule has 1 fully saturated rings. The SMILES string of the molecule is CCCCC[C@H](O)C=C[C@@H]1[C@@H](CCC=CCCC(=O)OC)[C@@H](SC(C)=O)C[C@H]1O. The fraction of sp³-hybridized carbons (Fsp3) is 0.739. The molecule has 5 nitrogen and oxygen atoms in total. The molecule has 0 aromatic rings. The maximum atomic E-state index is 11.6. The predicted molar refractivity (Wildman–Crippen MR) is 119 cm³/mol. The number of ether oxygens (including phenoxy) is 1. The Balaban J connectivity index is 2.64. The van der Waals surface area contributed by atoms with Gasteiger partial charge in [0.2, 0.25) is 0 Å². The molecule has 29 heavy (non-hydrogen) atoms. The molecule has 1 saturated carbocycles. The number of thioether (sulfide) groups is 1. The minimum atomic E-state index is -0.487. The molecule has 1 aliphatic rings. The van der Waals surface area contributed by atoms with Gasteiger partial charge in [-0.25, -0.2) is 0 Å². The summed E-state index contributed by atoms with van der Waals surface area (Å²) >= 11 is 1.32. The Morgan fingerprint density at radius 3 is 2.62 bits per heavy atom. The van der Waals surface area contributed by atoms with Crippen LogP contribution in [0.25, 0.3) is 0 Å². The van der Waals surface area contributed by atoms with Crippen molar-refractivity contribution in [2.24, 2.45) is 11.8 Å². The van der Waals surface area contributed by atoms with E-state index in [4.69, 9.17) is 0 Å². The van der Waals surface area contributed by atoms with E-state index < -0.39 is 12.2 Å². The topological polar surface area (TPSA) is 83.8 Å². The molecule has 0 aliphatic heterocycles. The normalized spacial score (nSPS) is 25.7. The molecule has 2 N–H and O–H groups in total. The molecule has 0 amide bonds. The van der Waals surface area contributed by atoms with Gasteiger partial charge in [0.25, 0.3) is 0 Å². The lowest BCUT2D eigenvalue weighted by Gasteiger charge is -2.22. The Kier molecular flexibility index (Phi) is 13.2. The Morgan fingerprint density at radius 2 is 1.97 bits per heavy atom. The van der Waals surface area contributed by atoms with Crippen molar-refractivity contribution >= 4 is 22.8 Å². The number of allylic oxidation sites excluding steroid dienone is 2. The van der Waals surface area contributed by atoms with E-state index in [0.29, 0.717) is 19.3 Å². The average molecular weight is 427 g/mol. The number of aliphatic hydroxyl groups excluding tert-OH is 2. The Bertz CT molecular complexity index is 545. The van der Waals surface area contributed by atoms with Crippen molar-refractivity contribution in [1.82, 2.24) is 0 Å². The van der Waals surface area contributed by atoms with E-state index >= 15 is 0 Å². The minimum absolute atomic E-state index is 0.0452. The first-order valence-electron chi connectivity index (χ1n) is 10.8. The molecule has 1 rings (SSSR count). The van der Waals surface area contributed by atoms with Crippen LogP contribution in [0.5, 0.6) is 0 Å². The van der Waals surface area contributed by atoms with Crippen molar-refractivity contribution in [3.8, 4) is 0 Å². The second-order valence-corrected chi connectivity index (χ2v) is 9.22. The van der Waals surface area contributed by atoms with Crippen LogP contribution < -0.4 is 0 Å². The van der Waals surface area contributed by atoms with E-state index in [2.05, 4.69) is 17.7 Å². The fourth-order valence-electron chi connectivity index (χ4n) is 3.89. The number of carbonyl (C=O) groups is 2. The van der Waals surface area contributed by atoms with Crippen molar-refractivity contribution in [3.05, 3.63) is 24.3 Å². The molecular weight excluding hydrogens is 388 g/mol. The van der Waals surface area contributed by atoms with Crippen molar-refractivity contribution in [2.45, 2.75) is 89.1 Å². The van der Waals surface area contributed by atoms with Gasteiger partial charge in [-0.2, -0.15) is 0 Å². The minimum Gasteiger partial charge on any atom is -0.469 e. The van der Waals surface area contributed by atoms with Crippen molar-refractivity contribution < 1.29 is 24.5 Å². The van der Waals surface area contributed by atoms with Crippen LogP contribution in [0.4, 0.5) is 0 Å². The van der Waals surface area contributed by atoms with Crippen LogP contribution >= 0.6 is 11.8 Å².